The van der Waals surface area contributed by atoms with E-state index in [-0.39, 0.29) is 0 Å². The van der Waals surface area contributed by atoms with Gasteiger partial charge in [-0.05, 0) is 20.0 Å². The number of nitrogens with zero attached hydrogens (tertiary/aromatic N) is 2. The molecule has 1 N–H and O–H groups in total. The fourth-order valence-electron chi connectivity index (χ4n) is 1.57. The van der Waals surface area contributed by atoms with Gasteiger partial charge in [0.25, 0.3) is 10.2 Å². The Hall–Kier alpha value is -0.210. The van der Waals surface area contributed by atoms with E-state index in [1.165, 1.54) is 8.61 Å². The van der Waals surface area contributed by atoms with Crippen molar-refractivity contribution in [2.45, 2.75) is 6.42 Å². The molecule has 1 aliphatic heterocycles. The first-order chi connectivity index (χ1) is 7.59. The first kappa shape index (κ1) is 13.9. The molecule has 0 aromatic carbocycles. The second kappa shape index (κ2) is 6.51. The minimum atomic E-state index is -3.28. The Morgan fingerprint density at radius 3 is 2.56 bits per heavy atom. The van der Waals surface area contributed by atoms with Crippen LogP contribution in [-0.2, 0) is 14.9 Å². The van der Waals surface area contributed by atoms with Gasteiger partial charge in [0.1, 0.15) is 0 Å². The molecule has 0 aliphatic carbocycles. The summed E-state index contributed by atoms with van der Waals surface area (Å²) in [6, 6.07) is 0. The quantitative estimate of drug-likeness (QED) is 0.622. The highest BCUT2D eigenvalue weighted by molar-refractivity contribution is 7.86. The summed E-state index contributed by atoms with van der Waals surface area (Å²) in [5, 5.41) is 3.00. The molecule has 1 heterocycles. The normalized spacial score (nSPS) is 19.2. The fourth-order valence-corrected chi connectivity index (χ4v) is 2.93. The maximum Gasteiger partial charge on any atom is 0.281 e. The van der Waals surface area contributed by atoms with Gasteiger partial charge in [-0.3, -0.25) is 0 Å². The van der Waals surface area contributed by atoms with E-state index in [2.05, 4.69) is 5.32 Å². The number of hydrogen-bond donors (Lipinski definition) is 1. The van der Waals surface area contributed by atoms with E-state index < -0.39 is 10.2 Å². The second-order valence-electron chi connectivity index (χ2n) is 3.80. The maximum absolute atomic E-state index is 12.1. The summed E-state index contributed by atoms with van der Waals surface area (Å²) < 4.78 is 32.1. The molecule has 0 aromatic rings. The molecule has 16 heavy (non-hydrogen) atoms. The van der Waals surface area contributed by atoms with E-state index in [1.54, 1.807) is 7.05 Å². The van der Waals surface area contributed by atoms with Gasteiger partial charge in [-0.25, -0.2) is 0 Å². The summed E-state index contributed by atoms with van der Waals surface area (Å²) in [5.41, 5.74) is 0. The molecule has 1 rings (SSSR count). The Morgan fingerprint density at radius 1 is 1.38 bits per heavy atom. The van der Waals surface area contributed by atoms with Gasteiger partial charge in [0.15, 0.2) is 0 Å². The SMILES string of the molecule is CNCCCN(C)S(=O)(=O)N1CCOCC1. The van der Waals surface area contributed by atoms with Crippen LogP contribution in [0.5, 0.6) is 0 Å². The lowest BCUT2D eigenvalue weighted by molar-refractivity contribution is 0.0706. The minimum Gasteiger partial charge on any atom is -0.379 e. The van der Waals surface area contributed by atoms with Crippen LogP contribution >= 0.6 is 0 Å². The van der Waals surface area contributed by atoms with Crippen molar-refractivity contribution in [1.82, 2.24) is 13.9 Å². The number of rotatable bonds is 6. The molecular formula is C9H21N3O3S. The van der Waals surface area contributed by atoms with Gasteiger partial charge >= 0.3 is 0 Å². The smallest absolute Gasteiger partial charge is 0.281 e. The Labute approximate surface area is 97.7 Å². The molecule has 96 valence electrons. The van der Waals surface area contributed by atoms with Crippen LogP contribution in [0.4, 0.5) is 0 Å². The van der Waals surface area contributed by atoms with Crippen molar-refractivity contribution in [2.24, 2.45) is 0 Å². The molecule has 1 aliphatic rings. The lowest BCUT2D eigenvalue weighted by Crippen LogP contribution is -2.47. The van der Waals surface area contributed by atoms with Crippen molar-refractivity contribution >= 4 is 10.2 Å². The van der Waals surface area contributed by atoms with Gasteiger partial charge in [-0.1, -0.05) is 0 Å². The molecule has 0 saturated carbocycles. The summed E-state index contributed by atoms with van der Waals surface area (Å²) in [5.74, 6) is 0. The monoisotopic (exact) mass is 251 g/mol. The average molecular weight is 251 g/mol. The lowest BCUT2D eigenvalue weighted by Gasteiger charge is -2.30. The first-order valence-corrected chi connectivity index (χ1v) is 6.92. The zero-order chi connectivity index (χ0) is 12.0. The largest absolute Gasteiger partial charge is 0.379 e. The summed E-state index contributed by atoms with van der Waals surface area (Å²) in [7, 11) is 0.199. The van der Waals surface area contributed by atoms with Crippen molar-refractivity contribution in [3.8, 4) is 0 Å². The first-order valence-electron chi connectivity index (χ1n) is 5.53. The Bertz CT molecular complexity index is 288. The molecule has 1 saturated heterocycles. The molecule has 1 fully saturated rings. The topological polar surface area (TPSA) is 61.9 Å². The number of nitrogens with one attached hydrogen (secondary N) is 1. The van der Waals surface area contributed by atoms with Crippen molar-refractivity contribution < 1.29 is 13.2 Å². The van der Waals surface area contributed by atoms with Crippen molar-refractivity contribution in [1.29, 1.82) is 0 Å². The van der Waals surface area contributed by atoms with Gasteiger partial charge in [0.05, 0.1) is 13.2 Å². The van der Waals surface area contributed by atoms with E-state index >= 15 is 0 Å². The molecule has 0 unspecified atom stereocenters. The Morgan fingerprint density at radius 2 is 2.00 bits per heavy atom. The molecule has 0 atom stereocenters. The van der Waals surface area contributed by atoms with E-state index in [0.29, 0.717) is 32.8 Å². The molecule has 0 bridgehead atoms. The molecule has 0 spiro atoms. The standard InChI is InChI=1S/C9H21N3O3S/c1-10-4-3-5-11(2)16(13,14)12-6-8-15-9-7-12/h10H,3-9H2,1-2H3. The van der Waals surface area contributed by atoms with Crippen molar-refractivity contribution in [3.63, 3.8) is 0 Å². The Kier molecular flexibility index (Phi) is 5.63. The van der Waals surface area contributed by atoms with Gasteiger partial charge in [-0.15, -0.1) is 0 Å². The van der Waals surface area contributed by atoms with Crippen molar-refractivity contribution in [3.05, 3.63) is 0 Å². The molecule has 0 aromatic heterocycles. The fraction of sp³-hybridized carbons (Fsp3) is 1.00. The minimum absolute atomic E-state index is 0.457. The van der Waals surface area contributed by atoms with Gasteiger partial charge < -0.3 is 10.1 Å². The van der Waals surface area contributed by atoms with E-state index in [9.17, 15) is 8.42 Å². The van der Waals surface area contributed by atoms with Crippen molar-refractivity contribution in [2.75, 3.05) is 53.5 Å². The van der Waals surface area contributed by atoms with Crippen LogP contribution < -0.4 is 5.32 Å². The highest BCUT2D eigenvalue weighted by Crippen LogP contribution is 2.09. The molecule has 0 radical (unpaired) electrons. The van der Waals surface area contributed by atoms with Gasteiger partial charge in [0, 0.05) is 26.7 Å². The number of hydrogen-bond acceptors (Lipinski definition) is 4. The predicted molar refractivity (Wildman–Crippen MR) is 62.5 cm³/mol. The third-order valence-electron chi connectivity index (χ3n) is 2.59. The highest BCUT2D eigenvalue weighted by Gasteiger charge is 2.27. The number of ether oxygens (including phenoxy) is 1. The molecule has 0 amide bonds. The molecular weight excluding hydrogens is 230 g/mol. The summed E-state index contributed by atoms with van der Waals surface area (Å²) in [6.07, 6.45) is 0.816. The van der Waals surface area contributed by atoms with Gasteiger partial charge in [0.2, 0.25) is 0 Å². The van der Waals surface area contributed by atoms with E-state index in [1.807, 2.05) is 7.05 Å². The predicted octanol–water partition coefficient (Wildman–Crippen LogP) is -0.895. The van der Waals surface area contributed by atoms with Crippen LogP contribution in [0, 0.1) is 0 Å². The maximum atomic E-state index is 12.1. The summed E-state index contributed by atoms with van der Waals surface area (Å²) in [6.45, 7) is 3.26. The van der Waals surface area contributed by atoms with Crippen LogP contribution in [0.2, 0.25) is 0 Å². The zero-order valence-corrected chi connectivity index (χ0v) is 10.8. The summed E-state index contributed by atoms with van der Waals surface area (Å²) in [4.78, 5) is 0. The Balaban J connectivity index is 2.47. The van der Waals surface area contributed by atoms with E-state index in [0.717, 1.165) is 13.0 Å². The van der Waals surface area contributed by atoms with Gasteiger partial charge in [-0.2, -0.15) is 17.0 Å². The number of morpholine rings is 1. The zero-order valence-electron chi connectivity index (χ0n) is 9.98. The lowest BCUT2D eigenvalue weighted by atomic mass is 10.4. The van der Waals surface area contributed by atoms with Crippen LogP contribution in [0.25, 0.3) is 0 Å². The second-order valence-corrected chi connectivity index (χ2v) is 5.83. The third kappa shape index (κ3) is 3.67. The molecule has 7 heteroatoms. The van der Waals surface area contributed by atoms with Crippen LogP contribution in [0.15, 0.2) is 0 Å². The average Bonchev–Trinajstić information content (AvgIpc) is 2.30. The van der Waals surface area contributed by atoms with Crippen LogP contribution in [0.3, 0.4) is 0 Å². The van der Waals surface area contributed by atoms with E-state index in [4.69, 9.17) is 4.74 Å². The highest BCUT2D eigenvalue weighted by atomic mass is 32.2. The molecule has 6 nitrogen and oxygen atoms in total. The summed E-state index contributed by atoms with van der Waals surface area (Å²) >= 11 is 0. The van der Waals surface area contributed by atoms with Crippen LogP contribution in [0.1, 0.15) is 6.42 Å². The third-order valence-corrected chi connectivity index (χ3v) is 4.58. The van der Waals surface area contributed by atoms with Crippen LogP contribution in [-0.4, -0.2) is 70.5 Å².